The highest BCUT2D eigenvalue weighted by molar-refractivity contribution is 6.02. The summed E-state index contributed by atoms with van der Waals surface area (Å²) in [5.74, 6) is 0.218. The monoisotopic (exact) mass is 433 g/mol. The van der Waals surface area contributed by atoms with Crippen molar-refractivity contribution < 1.29 is 28.5 Å². The molecule has 4 aliphatic rings. The summed E-state index contributed by atoms with van der Waals surface area (Å²) in [7, 11) is 3.10. The van der Waals surface area contributed by atoms with E-state index >= 15 is 0 Å². The van der Waals surface area contributed by atoms with Crippen LogP contribution in [0.25, 0.3) is 6.08 Å². The van der Waals surface area contributed by atoms with Gasteiger partial charge in [-0.25, -0.2) is 0 Å². The van der Waals surface area contributed by atoms with Gasteiger partial charge in [0.25, 0.3) is 0 Å². The summed E-state index contributed by atoms with van der Waals surface area (Å²) in [5, 5.41) is 0. The highest BCUT2D eigenvalue weighted by Gasteiger charge is 2.63. The topological polar surface area (TPSA) is 74.3 Å². The minimum Gasteiger partial charge on any atom is -0.493 e. The SMILES string of the molecule is COc1ccc(C(=O)[C@@H]2[C@@H]3[C@@H](C(=O)[C@H]4OC[C@H]3O4)[C@@H]3c4ccccc4C=CN23)cc1OC. The van der Waals surface area contributed by atoms with Crippen LogP contribution in [0.2, 0.25) is 0 Å². The van der Waals surface area contributed by atoms with E-state index in [2.05, 4.69) is 4.90 Å². The zero-order chi connectivity index (χ0) is 22.0. The second-order valence-corrected chi connectivity index (χ2v) is 8.56. The summed E-state index contributed by atoms with van der Waals surface area (Å²) >= 11 is 0. The summed E-state index contributed by atoms with van der Waals surface area (Å²) in [6.07, 6.45) is 2.83. The fraction of sp³-hybridized carbons (Fsp3) is 0.360. The number of methoxy groups -OCH3 is 2. The Morgan fingerprint density at radius 1 is 1.09 bits per heavy atom. The summed E-state index contributed by atoms with van der Waals surface area (Å²) in [6, 6.07) is 12.4. The average Bonchev–Trinajstić information content (AvgIpc) is 3.43. The number of hydrogen-bond donors (Lipinski definition) is 0. The number of Topliss-reactive ketones (excluding diaryl/α,β-unsaturated/α-hetero) is 2. The molecule has 7 heteroatoms. The number of carbonyl (C=O) groups is 2. The minimum atomic E-state index is -0.837. The zero-order valence-electron chi connectivity index (χ0n) is 17.8. The van der Waals surface area contributed by atoms with Crippen LogP contribution in [0.1, 0.15) is 27.5 Å². The van der Waals surface area contributed by atoms with E-state index in [0.29, 0.717) is 23.7 Å². The number of hydrogen-bond acceptors (Lipinski definition) is 7. The third-order valence-electron chi connectivity index (χ3n) is 7.14. The zero-order valence-corrected chi connectivity index (χ0v) is 17.8. The van der Waals surface area contributed by atoms with Crippen LogP contribution in [-0.4, -0.2) is 55.7 Å². The Hall–Kier alpha value is -3.16. The Morgan fingerprint density at radius 3 is 2.72 bits per heavy atom. The standard InChI is InChI=1S/C25H23NO6/c1-29-16-8-7-14(11-17(16)30-2)23(27)22-19-18-12-31-25(32-18)24(28)20(19)21-15-6-4-3-5-13(15)9-10-26(21)22/h3-11,18-22,25H,12H2,1-2H3/t18-,19+,20-,21+,22+,25+/m1/s1. The van der Waals surface area contributed by atoms with Gasteiger partial charge in [0.1, 0.15) is 0 Å². The van der Waals surface area contributed by atoms with Gasteiger partial charge < -0.3 is 23.8 Å². The molecule has 0 N–H and O–H groups in total. The number of ether oxygens (including phenoxy) is 4. The van der Waals surface area contributed by atoms with Gasteiger partial charge in [-0.15, -0.1) is 0 Å². The molecule has 32 heavy (non-hydrogen) atoms. The molecule has 7 nitrogen and oxygen atoms in total. The minimum absolute atomic E-state index is 0.0748. The summed E-state index contributed by atoms with van der Waals surface area (Å²) in [5.41, 5.74) is 2.63. The van der Waals surface area contributed by atoms with Gasteiger partial charge in [-0.1, -0.05) is 24.3 Å². The fourth-order valence-electron chi connectivity index (χ4n) is 5.78. The average molecular weight is 433 g/mol. The van der Waals surface area contributed by atoms with Crippen LogP contribution in [0.4, 0.5) is 0 Å². The molecule has 2 aromatic rings. The molecule has 3 fully saturated rings. The summed E-state index contributed by atoms with van der Waals surface area (Å²) in [6.45, 7) is 0.319. The van der Waals surface area contributed by atoms with Crippen LogP contribution in [0.5, 0.6) is 11.5 Å². The van der Waals surface area contributed by atoms with E-state index in [9.17, 15) is 9.59 Å². The summed E-state index contributed by atoms with van der Waals surface area (Å²) in [4.78, 5) is 29.4. The van der Waals surface area contributed by atoms with Crippen molar-refractivity contribution in [1.29, 1.82) is 0 Å². The van der Waals surface area contributed by atoms with Crippen LogP contribution in [-0.2, 0) is 14.3 Å². The lowest BCUT2D eigenvalue weighted by Crippen LogP contribution is -2.48. The Balaban J connectivity index is 1.47. The van der Waals surface area contributed by atoms with E-state index in [1.807, 2.05) is 36.5 Å². The van der Waals surface area contributed by atoms with Crippen molar-refractivity contribution in [2.24, 2.45) is 11.8 Å². The lowest BCUT2D eigenvalue weighted by atomic mass is 9.75. The highest BCUT2D eigenvalue weighted by Crippen LogP contribution is 2.54. The van der Waals surface area contributed by atoms with E-state index in [1.165, 1.54) is 0 Å². The first-order valence-electron chi connectivity index (χ1n) is 10.7. The van der Waals surface area contributed by atoms with E-state index in [0.717, 1.165) is 11.1 Å². The Labute approximate surface area is 185 Å². The van der Waals surface area contributed by atoms with E-state index in [1.54, 1.807) is 32.4 Å². The van der Waals surface area contributed by atoms with Crippen molar-refractivity contribution in [3.8, 4) is 11.5 Å². The first-order valence-corrected chi connectivity index (χ1v) is 10.7. The smallest absolute Gasteiger partial charge is 0.218 e. The maximum absolute atomic E-state index is 13.9. The van der Waals surface area contributed by atoms with Gasteiger partial charge in [-0.05, 0) is 35.4 Å². The summed E-state index contributed by atoms with van der Waals surface area (Å²) < 4.78 is 22.3. The maximum atomic E-state index is 13.9. The predicted molar refractivity (Wildman–Crippen MR) is 114 cm³/mol. The molecular formula is C25H23NO6. The molecule has 4 aliphatic heterocycles. The molecular weight excluding hydrogens is 410 g/mol. The van der Waals surface area contributed by atoms with Gasteiger partial charge in [0.2, 0.25) is 6.29 Å². The van der Waals surface area contributed by atoms with Crippen molar-refractivity contribution in [2.75, 3.05) is 20.8 Å². The molecule has 0 radical (unpaired) electrons. The van der Waals surface area contributed by atoms with Gasteiger partial charge in [-0.3, -0.25) is 9.59 Å². The quantitative estimate of drug-likeness (QED) is 0.687. The van der Waals surface area contributed by atoms with E-state index in [-0.39, 0.29) is 35.5 Å². The van der Waals surface area contributed by atoms with Gasteiger partial charge in [0.15, 0.2) is 23.1 Å². The van der Waals surface area contributed by atoms with Gasteiger partial charge in [0, 0.05) is 17.7 Å². The maximum Gasteiger partial charge on any atom is 0.218 e. The molecule has 164 valence electrons. The first-order chi connectivity index (χ1) is 15.6. The molecule has 0 unspecified atom stereocenters. The Bertz CT molecular complexity index is 1140. The third kappa shape index (κ3) is 2.61. The van der Waals surface area contributed by atoms with Crippen molar-refractivity contribution in [1.82, 2.24) is 4.90 Å². The molecule has 0 saturated carbocycles. The molecule has 0 aromatic heterocycles. The molecule has 0 aliphatic carbocycles. The second-order valence-electron chi connectivity index (χ2n) is 8.56. The van der Waals surface area contributed by atoms with Crippen LogP contribution in [0.3, 0.4) is 0 Å². The largest absolute Gasteiger partial charge is 0.493 e. The lowest BCUT2D eigenvalue weighted by Gasteiger charge is -2.34. The molecule has 0 spiro atoms. The fourth-order valence-corrected chi connectivity index (χ4v) is 5.78. The molecule has 0 amide bonds. The van der Waals surface area contributed by atoms with E-state index in [4.69, 9.17) is 18.9 Å². The highest BCUT2D eigenvalue weighted by atomic mass is 16.7. The van der Waals surface area contributed by atoms with Crippen molar-refractivity contribution in [3.05, 3.63) is 65.4 Å². The molecule has 2 aromatic carbocycles. The van der Waals surface area contributed by atoms with Gasteiger partial charge >= 0.3 is 0 Å². The second kappa shape index (κ2) is 7.18. The lowest BCUT2D eigenvalue weighted by molar-refractivity contribution is -0.164. The predicted octanol–water partition coefficient (Wildman–Crippen LogP) is 2.85. The number of nitrogens with zero attached hydrogens (tertiary/aromatic N) is 1. The van der Waals surface area contributed by atoms with E-state index < -0.39 is 12.3 Å². The Kier molecular flexibility index (Phi) is 4.38. The third-order valence-corrected chi connectivity index (χ3v) is 7.14. The molecule has 4 heterocycles. The van der Waals surface area contributed by atoms with Crippen LogP contribution < -0.4 is 9.47 Å². The number of rotatable bonds is 4. The van der Waals surface area contributed by atoms with Crippen molar-refractivity contribution >= 4 is 17.6 Å². The van der Waals surface area contributed by atoms with Crippen LogP contribution in [0, 0.1) is 11.8 Å². The normalized spacial score (nSPS) is 31.7. The number of carbonyl (C=O) groups excluding carboxylic acids is 2. The first kappa shape index (κ1) is 19.5. The molecule has 6 rings (SSSR count). The van der Waals surface area contributed by atoms with Crippen LogP contribution in [0.15, 0.2) is 48.7 Å². The number of benzene rings is 2. The van der Waals surface area contributed by atoms with Crippen molar-refractivity contribution in [3.63, 3.8) is 0 Å². The molecule has 3 saturated heterocycles. The Morgan fingerprint density at radius 2 is 1.91 bits per heavy atom. The van der Waals surface area contributed by atoms with Gasteiger partial charge in [0.05, 0.1) is 44.9 Å². The molecule has 6 atom stereocenters. The van der Waals surface area contributed by atoms with Gasteiger partial charge in [-0.2, -0.15) is 0 Å². The molecule has 2 bridgehead atoms. The van der Waals surface area contributed by atoms with Crippen LogP contribution >= 0.6 is 0 Å². The van der Waals surface area contributed by atoms with Crippen molar-refractivity contribution in [2.45, 2.75) is 24.5 Å². The number of fused-ring (bicyclic) bond motifs is 8. The number of ketones is 2.